The average Bonchev–Trinajstić information content (AvgIpc) is 2.69. The summed E-state index contributed by atoms with van der Waals surface area (Å²) in [5, 5.41) is 9.89. The Morgan fingerprint density at radius 3 is 2.46 bits per heavy atom. The SMILES string of the molecule is CN(C(=O)c1ccc(Cl)cc1)C1CCN(C(=O)O)CC1c1ccc(F)c(Cl)c1. The summed E-state index contributed by atoms with van der Waals surface area (Å²) < 4.78 is 13.6. The first-order chi connectivity index (χ1) is 13.3. The summed E-state index contributed by atoms with van der Waals surface area (Å²) in [6, 6.07) is 10.7. The van der Waals surface area contributed by atoms with E-state index in [1.807, 2.05) is 0 Å². The third kappa shape index (κ3) is 4.23. The van der Waals surface area contributed by atoms with E-state index in [2.05, 4.69) is 0 Å². The molecule has 2 amide bonds. The second-order valence-electron chi connectivity index (χ2n) is 6.79. The van der Waals surface area contributed by atoms with Crippen LogP contribution >= 0.6 is 23.2 Å². The molecule has 0 radical (unpaired) electrons. The summed E-state index contributed by atoms with van der Waals surface area (Å²) in [5.41, 5.74) is 1.18. The van der Waals surface area contributed by atoms with Crippen molar-refractivity contribution in [2.45, 2.75) is 18.4 Å². The van der Waals surface area contributed by atoms with Gasteiger partial charge >= 0.3 is 6.09 Å². The van der Waals surface area contributed by atoms with Crippen LogP contribution < -0.4 is 0 Å². The van der Waals surface area contributed by atoms with Crippen molar-refractivity contribution in [1.82, 2.24) is 9.80 Å². The van der Waals surface area contributed by atoms with E-state index in [1.165, 1.54) is 17.0 Å². The van der Waals surface area contributed by atoms with Crippen molar-refractivity contribution in [3.05, 3.63) is 69.5 Å². The molecule has 2 atom stereocenters. The fraction of sp³-hybridized carbons (Fsp3) is 0.300. The van der Waals surface area contributed by atoms with Gasteiger partial charge in [-0.25, -0.2) is 9.18 Å². The first kappa shape index (κ1) is 20.4. The molecule has 148 valence electrons. The number of halogens is 3. The highest BCUT2D eigenvalue weighted by molar-refractivity contribution is 6.31. The summed E-state index contributed by atoms with van der Waals surface area (Å²) in [7, 11) is 1.69. The second kappa shape index (κ2) is 8.37. The van der Waals surface area contributed by atoms with Gasteiger partial charge in [-0.3, -0.25) is 4.79 Å². The van der Waals surface area contributed by atoms with Crippen LogP contribution in [0.5, 0.6) is 0 Å². The molecule has 0 aromatic heterocycles. The first-order valence-corrected chi connectivity index (χ1v) is 9.49. The molecule has 3 rings (SSSR count). The van der Waals surface area contributed by atoms with E-state index in [0.717, 1.165) is 0 Å². The predicted octanol–water partition coefficient (Wildman–Crippen LogP) is 4.74. The number of rotatable bonds is 3. The van der Waals surface area contributed by atoms with Gasteiger partial charge < -0.3 is 14.9 Å². The Morgan fingerprint density at radius 1 is 1.18 bits per heavy atom. The normalized spacial score (nSPS) is 19.4. The second-order valence-corrected chi connectivity index (χ2v) is 7.63. The minimum absolute atomic E-state index is 0.0321. The maximum absolute atomic E-state index is 13.6. The molecule has 1 aliphatic heterocycles. The van der Waals surface area contributed by atoms with Gasteiger partial charge in [-0.1, -0.05) is 29.3 Å². The first-order valence-electron chi connectivity index (χ1n) is 8.73. The lowest BCUT2D eigenvalue weighted by atomic mass is 9.85. The van der Waals surface area contributed by atoms with Crippen LogP contribution in [-0.4, -0.2) is 53.1 Å². The number of likely N-dealkylation sites (N-methyl/N-ethyl adjacent to an activating group) is 1. The van der Waals surface area contributed by atoms with Gasteiger partial charge in [-0.2, -0.15) is 0 Å². The van der Waals surface area contributed by atoms with Crippen LogP contribution in [0.25, 0.3) is 0 Å². The standard InChI is InChI=1S/C20H19Cl2FN2O3/c1-24(19(26)12-2-5-14(21)6-3-12)18-8-9-25(20(27)28)11-15(18)13-4-7-17(23)16(22)10-13/h2-7,10,15,18H,8-9,11H2,1H3,(H,27,28). The highest BCUT2D eigenvalue weighted by Gasteiger charge is 2.37. The van der Waals surface area contributed by atoms with E-state index >= 15 is 0 Å². The van der Waals surface area contributed by atoms with Crippen LogP contribution in [0.4, 0.5) is 9.18 Å². The van der Waals surface area contributed by atoms with Gasteiger partial charge in [0.15, 0.2) is 0 Å². The topological polar surface area (TPSA) is 60.9 Å². The van der Waals surface area contributed by atoms with Crippen molar-refractivity contribution in [3.63, 3.8) is 0 Å². The highest BCUT2D eigenvalue weighted by atomic mass is 35.5. The van der Waals surface area contributed by atoms with Crippen molar-refractivity contribution in [2.75, 3.05) is 20.1 Å². The number of likely N-dealkylation sites (tertiary alicyclic amines) is 1. The molecule has 1 heterocycles. The third-order valence-corrected chi connectivity index (χ3v) is 5.67. The molecule has 1 N–H and O–H groups in total. The lowest BCUT2D eigenvalue weighted by molar-refractivity contribution is 0.0590. The lowest BCUT2D eigenvalue weighted by Crippen LogP contribution is -2.51. The van der Waals surface area contributed by atoms with E-state index < -0.39 is 11.9 Å². The maximum atomic E-state index is 13.6. The van der Waals surface area contributed by atoms with Crippen molar-refractivity contribution in [3.8, 4) is 0 Å². The fourth-order valence-corrected chi connectivity index (χ4v) is 3.91. The molecular weight excluding hydrogens is 406 g/mol. The average molecular weight is 425 g/mol. The molecule has 5 nitrogen and oxygen atoms in total. The molecular formula is C20H19Cl2FN2O3. The fourth-order valence-electron chi connectivity index (χ4n) is 3.59. The van der Waals surface area contributed by atoms with Gasteiger partial charge in [-0.05, 0) is 48.4 Å². The molecule has 2 aromatic carbocycles. The highest BCUT2D eigenvalue weighted by Crippen LogP contribution is 2.33. The number of carboxylic acid groups (broad SMARTS) is 1. The van der Waals surface area contributed by atoms with Gasteiger partial charge in [0.25, 0.3) is 5.91 Å². The number of hydrogen-bond acceptors (Lipinski definition) is 2. The molecule has 1 fully saturated rings. The largest absolute Gasteiger partial charge is 0.465 e. The Kier molecular flexibility index (Phi) is 6.10. The third-order valence-electron chi connectivity index (χ3n) is 5.13. The summed E-state index contributed by atoms with van der Waals surface area (Å²) in [4.78, 5) is 27.3. The molecule has 1 saturated heterocycles. The number of hydrogen-bond donors (Lipinski definition) is 1. The molecule has 0 bridgehead atoms. The van der Waals surface area contributed by atoms with E-state index in [-0.39, 0.29) is 29.4 Å². The van der Waals surface area contributed by atoms with E-state index in [1.54, 1.807) is 42.3 Å². The Hall–Kier alpha value is -2.31. The molecule has 0 spiro atoms. The Bertz CT molecular complexity index is 892. The van der Waals surface area contributed by atoms with Crippen molar-refractivity contribution >= 4 is 35.2 Å². The molecule has 0 aliphatic carbocycles. The summed E-state index contributed by atoms with van der Waals surface area (Å²) >= 11 is 11.8. The van der Waals surface area contributed by atoms with E-state index in [9.17, 15) is 19.1 Å². The molecule has 2 aromatic rings. The molecule has 28 heavy (non-hydrogen) atoms. The monoisotopic (exact) mass is 424 g/mol. The number of nitrogens with zero attached hydrogens (tertiary/aromatic N) is 2. The summed E-state index contributed by atoms with van der Waals surface area (Å²) in [5.74, 6) is -1.06. The molecule has 1 aliphatic rings. The molecule has 2 unspecified atom stereocenters. The lowest BCUT2D eigenvalue weighted by Gasteiger charge is -2.42. The van der Waals surface area contributed by atoms with Crippen LogP contribution in [0.1, 0.15) is 28.3 Å². The van der Waals surface area contributed by atoms with Crippen molar-refractivity contribution < 1.29 is 19.1 Å². The summed E-state index contributed by atoms with van der Waals surface area (Å²) in [6.07, 6.45) is -0.565. The molecule has 8 heteroatoms. The van der Waals surface area contributed by atoms with Gasteiger partial charge in [0, 0.05) is 42.7 Å². The van der Waals surface area contributed by atoms with Crippen LogP contribution in [0.3, 0.4) is 0 Å². The smallest absolute Gasteiger partial charge is 0.407 e. The zero-order chi connectivity index (χ0) is 20.4. The number of carbonyl (C=O) groups is 2. The van der Waals surface area contributed by atoms with Gasteiger partial charge in [0.05, 0.1) is 5.02 Å². The maximum Gasteiger partial charge on any atom is 0.407 e. The van der Waals surface area contributed by atoms with Gasteiger partial charge in [0.2, 0.25) is 0 Å². The van der Waals surface area contributed by atoms with Crippen LogP contribution in [-0.2, 0) is 0 Å². The van der Waals surface area contributed by atoms with Gasteiger partial charge in [-0.15, -0.1) is 0 Å². The van der Waals surface area contributed by atoms with Crippen LogP contribution in [0, 0.1) is 5.82 Å². The number of amides is 2. The van der Waals surface area contributed by atoms with Crippen molar-refractivity contribution in [1.29, 1.82) is 0 Å². The van der Waals surface area contributed by atoms with Crippen molar-refractivity contribution in [2.24, 2.45) is 0 Å². The predicted molar refractivity (Wildman–Crippen MR) is 106 cm³/mol. The summed E-state index contributed by atoms with van der Waals surface area (Å²) in [6.45, 7) is 0.504. The Balaban J connectivity index is 1.91. The minimum atomic E-state index is -1.02. The van der Waals surface area contributed by atoms with E-state index in [4.69, 9.17) is 23.2 Å². The van der Waals surface area contributed by atoms with Crippen LogP contribution in [0.15, 0.2) is 42.5 Å². The van der Waals surface area contributed by atoms with Gasteiger partial charge in [0.1, 0.15) is 5.82 Å². The zero-order valence-electron chi connectivity index (χ0n) is 15.1. The number of carbonyl (C=O) groups excluding carboxylic acids is 1. The van der Waals surface area contributed by atoms with Crippen LogP contribution in [0.2, 0.25) is 10.0 Å². The Labute approximate surface area is 172 Å². The number of piperidine rings is 1. The van der Waals surface area contributed by atoms with E-state index in [0.29, 0.717) is 29.1 Å². The quantitative estimate of drug-likeness (QED) is 0.773. The number of benzene rings is 2. The Morgan fingerprint density at radius 2 is 1.86 bits per heavy atom. The minimum Gasteiger partial charge on any atom is -0.465 e. The zero-order valence-corrected chi connectivity index (χ0v) is 16.6. The molecule has 0 saturated carbocycles.